The van der Waals surface area contributed by atoms with Gasteiger partial charge < -0.3 is 26.0 Å². The van der Waals surface area contributed by atoms with Gasteiger partial charge in [0.05, 0.1) is 6.42 Å². The number of hydrogen-bond donors (Lipinski definition) is 4. The second-order valence-corrected chi connectivity index (χ2v) is 6.66. The lowest BCUT2D eigenvalue weighted by Gasteiger charge is -2.31. The van der Waals surface area contributed by atoms with Crippen molar-refractivity contribution in [1.82, 2.24) is 20.4 Å². The molecule has 0 aromatic heterocycles. The predicted molar refractivity (Wildman–Crippen MR) is 99.7 cm³/mol. The van der Waals surface area contributed by atoms with Crippen LogP contribution in [-0.4, -0.2) is 76.8 Å². The Morgan fingerprint density at radius 2 is 1.97 bits per heavy atom. The smallest absolute Gasteiger partial charge is 0.329 e. The van der Waals surface area contributed by atoms with Crippen molar-refractivity contribution in [3.63, 3.8) is 0 Å². The lowest BCUT2D eigenvalue weighted by Crippen LogP contribution is -2.62. The zero-order chi connectivity index (χ0) is 21.1. The number of nitrogens with one attached hydrogen (secondary N) is 3. The number of carbonyl (C=O) groups is 5. The standard InChI is InChI=1S/C18H21N5O6/c1-2-22-5-6-23(17(28)16(22)27)18(29)21-12-8-11(24)4-3-10(12)7-14(25)20-13-9-19-15(13)26/h3-4,8,13,24H,2,5-7,9H2,1H3,(H,19,26)(H,20,25)(H,21,29). The largest absolute Gasteiger partial charge is 0.508 e. The molecule has 2 fully saturated rings. The van der Waals surface area contributed by atoms with E-state index in [4.69, 9.17) is 0 Å². The highest BCUT2D eigenvalue weighted by Gasteiger charge is 2.35. The van der Waals surface area contributed by atoms with Crippen LogP contribution in [0.15, 0.2) is 18.2 Å². The Morgan fingerprint density at radius 1 is 1.21 bits per heavy atom. The molecule has 0 bridgehead atoms. The molecule has 2 aliphatic rings. The Morgan fingerprint density at radius 3 is 2.59 bits per heavy atom. The van der Waals surface area contributed by atoms with Crippen molar-refractivity contribution in [2.75, 3.05) is 31.5 Å². The van der Waals surface area contributed by atoms with E-state index in [1.165, 1.54) is 23.1 Å². The summed E-state index contributed by atoms with van der Waals surface area (Å²) in [7, 11) is 0. The van der Waals surface area contributed by atoms with Crippen molar-refractivity contribution < 1.29 is 29.1 Å². The topological polar surface area (TPSA) is 148 Å². The van der Waals surface area contributed by atoms with Gasteiger partial charge in [0.1, 0.15) is 11.8 Å². The van der Waals surface area contributed by atoms with E-state index in [0.29, 0.717) is 18.7 Å². The number of β-lactam (4-membered cyclic amide) rings is 1. The van der Waals surface area contributed by atoms with E-state index in [2.05, 4.69) is 16.0 Å². The number of nitrogens with zero attached hydrogens (tertiary/aromatic N) is 2. The zero-order valence-corrected chi connectivity index (χ0v) is 15.7. The average molecular weight is 403 g/mol. The minimum atomic E-state index is -0.939. The molecule has 1 aromatic carbocycles. The molecule has 29 heavy (non-hydrogen) atoms. The zero-order valence-electron chi connectivity index (χ0n) is 15.7. The number of imide groups is 1. The van der Waals surface area contributed by atoms with Gasteiger partial charge >= 0.3 is 17.8 Å². The van der Waals surface area contributed by atoms with E-state index < -0.39 is 29.8 Å². The molecule has 11 nitrogen and oxygen atoms in total. The van der Waals surface area contributed by atoms with E-state index in [1.54, 1.807) is 6.92 Å². The van der Waals surface area contributed by atoms with E-state index >= 15 is 0 Å². The Bertz CT molecular complexity index is 885. The quantitative estimate of drug-likeness (QED) is 0.357. The van der Waals surface area contributed by atoms with Gasteiger partial charge in [-0.2, -0.15) is 0 Å². The molecular formula is C18H21N5O6. The molecule has 0 radical (unpaired) electrons. The van der Waals surface area contributed by atoms with Crippen LogP contribution in [0, 0.1) is 0 Å². The monoisotopic (exact) mass is 403 g/mol. The fraction of sp³-hybridized carbons (Fsp3) is 0.389. The molecular weight excluding hydrogens is 382 g/mol. The number of urea groups is 1. The van der Waals surface area contributed by atoms with Gasteiger partial charge in [-0.3, -0.25) is 24.1 Å². The number of anilines is 1. The predicted octanol–water partition coefficient (Wildman–Crippen LogP) is -1.23. The van der Waals surface area contributed by atoms with Crippen LogP contribution >= 0.6 is 0 Å². The molecule has 3 rings (SSSR count). The van der Waals surface area contributed by atoms with E-state index in [-0.39, 0.29) is 36.9 Å². The van der Waals surface area contributed by atoms with E-state index in [0.717, 1.165) is 4.90 Å². The summed E-state index contributed by atoms with van der Waals surface area (Å²) in [6.07, 6.45) is -0.157. The molecule has 1 atom stereocenters. The first-order valence-electron chi connectivity index (χ1n) is 9.11. The molecule has 0 aliphatic carbocycles. The third kappa shape index (κ3) is 4.28. The minimum absolute atomic E-state index is 0.0374. The molecule has 11 heteroatoms. The number of benzene rings is 1. The number of likely N-dealkylation sites (N-methyl/N-ethyl adjacent to an activating group) is 1. The maximum absolute atomic E-state index is 12.5. The van der Waals surface area contributed by atoms with Crippen LogP contribution < -0.4 is 16.0 Å². The first-order chi connectivity index (χ1) is 13.8. The van der Waals surface area contributed by atoms with Crippen molar-refractivity contribution in [2.24, 2.45) is 0 Å². The number of phenols is 1. The normalized spacial score (nSPS) is 18.8. The van der Waals surface area contributed by atoms with Crippen molar-refractivity contribution in [2.45, 2.75) is 19.4 Å². The first-order valence-corrected chi connectivity index (χ1v) is 9.11. The SMILES string of the molecule is CCN1CCN(C(=O)Nc2cc(O)ccc2CC(=O)NC2CNC2=O)C(=O)C1=O. The molecule has 0 spiro atoms. The molecule has 1 aromatic rings. The van der Waals surface area contributed by atoms with Crippen molar-refractivity contribution in [1.29, 1.82) is 0 Å². The van der Waals surface area contributed by atoms with Crippen LogP contribution in [0.2, 0.25) is 0 Å². The second-order valence-electron chi connectivity index (χ2n) is 6.66. The summed E-state index contributed by atoms with van der Waals surface area (Å²) in [5.41, 5.74) is 0.501. The van der Waals surface area contributed by atoms with Gasteiger partial charge in [0, 0.05) is 37.9 Å². The third-order valence-electron chi connectivity index (χ3n) is 4.75. The molecule has 2 aliphatic heterocycles. The Hall–Kier alpha value is -3.63. The summed E-state index contributed by atoms with van der Waals surface area (Å²) in [4.78, 5) is 62.3. The average Bonchev–Trinajstić information content (AvgIpc) is 2.69. The maximum atomic E-state index is 12.5. The summed E-state index contributed by atoms with van der Waals surface area (Å²) in [5.74, 6) is -2.56. The molecule has 0 saturated carbocycles. The van der Waals surface area contributed by atoms with Crippen LogP contribution in [0.25, 0.3) is 0 Å². The van der Waals surface area contributed by atoms with Gasteiger partial charge in [-0.15, -0.1) is 0 Å². The molecule has 6 amide bonds. The highest BCUT2D eigenvalue weighted by Crippen LogP contribution is 2.23. The summed E-state index contributed by atoms with van der Waals surface area (Å²) in [6, 6.07) is 2.63. The van der Waals surface area contributed by atoms with Gasteiger partial charge in [-0.05, 0) is 18.6 Å². The molecule has 1 unspecified atom stereocenters. The van der Waals surface area contributed by atoms with Crippen LogP contribution in [-0.2, 0) is 25.6 Å². The van der Waals surface area contributed by atoms with E-state index in [1.807, 2.05) is 0 Å². The first kappa shape index (κ1) is 20.1. The van der Waals surface area contributed by atoms with Gasteiger partial charge in [0.25, 0.3) is 0 Å². The summed E-state index contributed by atoms with van der Waals surface area (Å²) in [6.45, 7) is 2.72. The van der Waals surface area contributed by atoms with Gasteiger partial charge in [-0.1, -0.05) is 6.07 Å². The highest BCUT2D eigenvalue weighted by atomic mass is 16.3. The Labute approximate surface area is 166 Å². The number of hydrogen-bond acceptors (Lipinski definition) is 6. The number of aromatic hydroxyl groups is 1. The molecule has 4 N–H and O–H groups in total. The summed E-state index contributed by atoms with van der Waals surface area (Å²) >= 11 is 0. The van der Waals surface area contributed by atoms with Gasteiger partial charge in [0.15, 0.2) is 0 Å². The van der Waals surface area contributed by atoms with Crippen LogP contribution in [0.1, 0.15) is 12.5 Å². The van der Waals surface area contributed by atoms with Gasteiger partial charge in [-0.25, -0.2) is 4.79 Å². The minimum Gasteiger partial charge on any atom is -0.508 e. The number of piperazine rings is 1. The Kier molecular flexibility index (Phi) is 5.66. The number of phenolic OH excluding ortho intramolecular Hbond substituents is 1. The van der Waals surface area contributed by atoms with E-state index in [9.17, 15) is 29.1 Å². The number of amides is 6. The fourth-order valence-corrected chi connectivity index (χ4v) is 3.01. The van der Waals surface area contributed by atoms with Crippen LogP contribution in [0.3, 0.4) is 0 Å². The van der Waals surface area contributed by atoms with Crippen LogP contribution in [0.4, 0.5) is 10.5 Å². The fourth-order valence-electron chi connectivity index (χ4n) is 3.01. The van der Waals surface area contributed by atoms with Gasteiger partial charge in [0.2, 0.25) is 11.8 Å². The Balaban J connectivity index is 1.70. The third-order valence-corrected chi connectivity index (χ3v) is 4.75. The van der Waals surface area contributed by atoms with Crippen molar-refractivity contribution in [3.8, 4) is 5.75 Å². The summed E-state index contributed by atoms with van der Waals surface area (Å²) < 4.78 is 0. The molecule has 2 heterocycles. The number of carbonyl (C=O) groups excluding carboxylic acids is 5. The highest BCUT2D eigenvalue weighted by molar-refractivity contribution is 6.38. The van der Waals surface area contributed by atoms with Crippen LogP contribution in [0.5, 0.6) is 5.75 Å². The second kappa shape index (κ2) is 8.17. The molecule has 2 saturated heterocycles. The van der Waals surface area contributed by atoms with Crippen molar-refractivity contribution in [3.05, 3.63) is 23.8 Å². The lowest BCUT2D eigenvalue weighted by molar-refractivity contribution is -0.153. The summed E-state index contributed by atoms with van der Waals surface area (Å²) in [5, 5.41) is 17.3. The number of rotatable bonds is 5. The maximum Gasteiger partial charge on any atom is 0.329 e. The molecule has 154 valence electrons. The van der Waals surface area contributed by atoms with Crippen molar-refractivity contribution >= 4 is 35.3 Å². The lowest BCUT2D eigenvalue weighted by atomic mass is 10.1.